The van der Waals surface area contributed by atoms with Gasteiger partial charge in [-0.1, -0.05) is 18.2 Å². The smallest absolute Gasteiger partial charge is 0.121 e. The van der Waals surface area contributed by atoms with Crippen LogP contribution in [0.1, 0.15) is 28.3 Å². The molecule has 0 radical (unpaired) electrons. The first kappa shape index (κ1) is 13.5. The molecule has 4 heteroatoms. The molecule has 0 amide bonds. The van der Waals surface area contributed by atoms with E-state index in [1.165, 1.54) is 0 Å². The number of ether oxygens (including phenoxy) is 1. The van der Waals surface area contributed by atoms with Crippen molar-refractivity contribution in [2.75, 3.05) is 7.11 Å². The molecular weight excluding hydrogens is 238 g/mol. The molecule has 0 bridgehead atoms. The van der Waals surface area contributed by atoms with Gasteiger partial charge in [-0.2, -0.15) is 0 Å². The fourth-order valence-electron chi connectivity index (χ4n) is 2.20. The van der Waals surface area contributed by atoms with Crippen molar-refractivity contribution in [1.82, 2.24) is 10.4 Å². The van der Waals surface area contributed by atoms with Crippen LogP contribution in [0.4, 0.5) is 0 Å². The van der Waals surface area contributed by atoms with Crippen LogP contribution in [0.15, 0.2) is 36.7 Å². The summed E-state index contributed by atoms with van der Waals surface area (Å²) in [5.74, 6) is 6.58. The molecule has 4 nitrogen and oxygen atoms in total. The molecule has 0 spiro atoms. The Hall–Kier alpha value is -1.91. The minimum Gasteiger partial charge on any atom is -0.496 e. The summed E-state index contributed by atoms with van der Waals surface area (Å²) >= 11 is 0. The number of hydrogen-bond donors (Lipinski definition) is 2. The molecule has 1 aromatic carbocycles. The minimum atomic E-state index is -0.0722. The number of hydrazine groups is 1. The highest BCUT2D eigenvalue weighted by Gasteiger charge is 2.14. The molecule has 0 aliphatic carbocycles. The second-order valence-corrected chi connectivity index (χ2v) is 4.62. The zero-order valence-electron chi connectivity index (χ0n) is 11.5. The molecule has 0 fully saturated rings. The summed E-state index contributed by atoms with van der Waals surface area (Å²) in [6.45, 7) is 4.04. The maximum absolute atomic E-state index is 5.70. The molecule has 2 rings (SSSR count). The van der Waals surface area contributed by atoms with Crippen LogP contribution in [-0.2, 0) is 0 Å². The van der Waals surface area contributed by atoms with E-state index in [1.54, 1.807) is 7.11 Å². The van der Waals surface area contributed by atoms with Gasteiger partial charge < -0.3 is 4.74 Å². The summed E-state index contributed by atoms with van der Waals surface area (Å²) in [5.41, 5.74) is 7.18. The third-order valence-corrected chi connectivity index (χ3v) is 3.15. The zero-order chi connectivity index (χ0) is 13.8. The Balaban J connectivity index is 2.39. The third kappa shape index (κ3) is 2.92. The van der Waals surface area contributed by atoms with Gasteiger partial charge >= 0.3 is 0 Å². The van der Waals surface area contributed by atoms with E-state index >= 15 is 0 Å². The molecule has 3 N–H and O–H groups in total. The van der Waals surface area contributed by atoms with Crippen molar-refractivity contribution in [2.45, 2.75) is 19.9 Å². The highest BCUT2D eigenvalue weighted by atomic mass is 16.5. The van der Waals surface area contributed by atoms with Crippen LogP contribution in [0.25, 0.3) is 0 Å². The molecule has 0 saturated heterocycles. The number of nitrogens with one attached hydrogen (secondary N) is 1. The van der Waals surface area contributed by atoms with Crippen molar-refractivity contribution in [2.24, 2.45) is 5.84 Å². The number of aryl methyl sites for hydroxylation is 2. The Morgan fingerprint density at radius 2 is 1.95 bits per heavy atom. The van der Waals surface area contributed by atoms with Crippen LogP contribution in [0.5, 0.6) is 5.75 Å². The highest BCUT2D eigenvalue weighted by Crippen LogP contribution is 2.26. The molecule has 0 aliphatic heterocycles. The SMILES string of the molecule is COc1ccc(C(NN)c2cncc(C)c2)cc1C. The molecule has 1 atom stereocenters. The number of benzene rings is 1. The average molecular weight is 257 g/mol. The normalized spacial score (nSPS) is 12.2. The van der Waals surface area contributed by atoms with Crippen molar-refractivity contribution < 1.29 is 4.74 Å². The Morgan fingerprint density at radius 3 is 2.53 bits per heavy atom. The van der Waals surface area contributed by atoms with Crippen LogP contribution >= 0.6 is 0 Å². The topological polar surface area (TPSA) is 60.2 Å². The van der Waals surface area contributed by atoms with Crippen molar-refractivity contribution >= 4 is 0 Å². The number of hydrogen-bond acceptors (Lipinski definition) is 4. The average Bonchev–Trinajstić information content (AvgIpc) is 2.40. The van der Waals surface area contributed by atoms with E-state index in [-0.39, 0.29) is 6.04 Å². The van der Waals surface area contributed by atoms with Crippen LogP contribution in [-0.4, -0.2) is 12.1 Å². The lowest BCUT2D eigenvalue weighted by molar-refractivity contribution is 0.411. The van der Waals surface area contributed by atoms with E-state index in [4.69, 9.17) is 10.6 Å². The van der Waals surface area contributed by atoms with Gasteiger partial charge in [0.2, 0.25) is 0 Å². The van der Waals surface area contributed by atoms with Crippen LogP contribution < -0.4 is 16.0 Å². The van der Waals surface area contributed by atoms with Gasteiger partial charge in [0.15, 0.2) is 0 Å². The first-order valence-electron chi connectivity index (χ1n) is 6.18. The number of nitrogens with zero attached hydrogens (tertiary/aromatic N) is 1. The van der Waals surface area contributed by atoms with Gasteiger partial charge in [-0.25, -0.2) is 5.43 Å². The Morgan fingerprint density at radius 1 is 1.16 bits per heavy atom. The lowest BCUT2D eigenvalue weighted by atomic mass is 9.98. The second-order valence-electron chi connectivity index (χ2n) is 4.62. The second kappa shape index (κ2) is 5.82. The van der Waals surface area contributed by atoms with Crippen molar-refractivity contribution in [3.8, 4) is 5.75 Å². The van der Waals surface area contributed by atoms with E-state index in [0.717, 1.165) is 28.0 Å². The van der Waals surface area contributed by atoms with Gasteiger partial charge in [-0.05, 0) is 42.2 Å². The maximum atomic E-state index is 5.70. The van der Waals surface area contributed by atoms with Gasteiger partial charge in [0.25, 0.3) is 0 Å². The van der Waals surface area contributed by atoms with Crippen LogP contribution in [0.3, 0.4) is 0 Å². The molecule has 1 aromatic heterocycles. The fourth-order valence-corrected chi connectivity index (χ4v) is 2.20. The lowest BCUT2D eigenvalue weighted by Crippen LogP contribution is -2.29. The van der Waals surface area contributed by atoms with Gasteiger partial charge in [0, 0.05) is 12.4 Å². The number of aromatic nitrogens is 1. The van der Waals surface area contributed by atoms with Crippen molar-refractivity contribution in [3.05, 3.63) is 58.9 Å². The van der Waals surface area contributed by atoms with Gasteiger partial charge in [-0.15, -0.1) is 0 Å². The van der Waals surface area contributed by atoms with Crippen LogP contribution in [0, 0.1) is 13.8 Å². The Bertz CT molecular complexity index is 569. The van der Waals surface area contributed by atoms with Gasteiger partial charge in [0.1, 0.15) is 5.75 Å². The number of rotatable bonds is 4. The molecule has 1 unspecified atom stereocenters. The van der Waals surface area contributed by atoms with E-state index in [2.05, 4.69) is 22.5 Å². The summed E-state index contributed by atoms with van der Waals surface area (Å²) in [4.78, 5) is 4.21. The monoisotopic (exact) mass is 257 g/mol. The Labute approximate surface area is 113 Å². The summed E-state index contributed by atoms with van der Waals surface area (Å²) in [6.07, 6.45) is 3.66. The summed E-state index contributed by atoms with van der Waals surface area (Å²) in [6, 6.07) is 8.05. The molecule has 2 aromatic rings. The standard InChI is InChI=1S/C15H19N3O/c1-10-6-13(9-17-8-10)15(18-16)12-4-5-14(19-3)11(2)7-12/h4-9,15,18H,16H2,1-3H3. The fraction of sp³-hybridized carbons (Fsp3) is 0.267. The van der Waals surface area contributed by atoms with E-state index in [0.29, 0.717) is 0 Å². The number of methoxy groups -OCH3 is 1. The molecular formula is C15H19N3O. The number of nitrogens with two attached hydrogens (primary N) is 1. The van der Waals surface area contributed by atoms with Gasteiger partial charge in [0.05, 0.1) is 13.2 Å². The largest absolute Gasteiger partial charge is 0.496 e. The maximum Gasteiger partial charge on any atom is 0.121 e. The third-order valence-electron chi connectivity index (χ3n) is 3.15. The first-order valence-corrected chi connectivity index (χ1v) is 6.18. The predicted molar refractivity (Wildman–Crippen MR) is 75.9 cm³/mol. The first-order chi connectivity index (χ1) is 9.15. The van der Waals surface area contributed by atoms with Gasteiger partial charge in [-0.3, -0.25) is 10.8 Å². The molecule has 0 aliphatic rings. The summed E-state index contributed by atoms with van der Waals surface area (Å²) in [7, 11) is 1.67. The van der Waals surface area contributed by atoms with Crippen LogP contribution in [0.2, 0.25) is 0 Å². The lowest BCUT2D eigenvalue weighted by Gasteiger charge is -2.18. The van der Waals surface area contributed by atoms with Crippen molar-refractivity contribution in [1.29, 1.82) is 0 Å². The predicted octanol–water partition coefficient (Wildman–Crippen LogP) is 2.26. The highest BCUT2D eigenvalue weighted by molar-refractivity contribution is 5.40. The summed E-state index contributed by atoms with van der Waals surface area (Å²) in [5, 5.41) is 0. The van der Waals surface area contributed by atoms with E-state index in [1.807, 2.05) is 38.4 Å². The molecule has 1 heterocycles. The van der Waals surface area contributed by atoms with E-state index < -0.39 is 0 Å². The van der Waals surface area contributed by atoms with Crippen molar-refractivity contribution in [3.63, 3.8) is 0 Å². The minimum absolute atomic E-state index is 0.0722. The molecule has 100 valence electrons. The van der Waals surface area contributed by atoms with E-state index in [9.17, 15) is 0 Å². The molecule has 19 heavy (non-hydrogen) atoms. The molecule has 0 saturated carbocycles. The number of pyridine rings is 1. The zero-order valence-corrected chi connectivity index (χ0v) is 11.5. The summed E-state index contributed by atoms with van der Waals surface area (Å²) < 4.78 is 5.27. The Kier molecular flexibility index (Phi) is 4.14. The quantitative estimate of drug-likeness (QED) is 0.651.